The molecule has 0 atom stereocenters. The second-order valence-electron chi connectivity index (χ2n) is 10.1. The summed E-state index contributed by atoms with van der Waals surface area (Å²) in [5.41, 5.74) is 1.36. The Bertz CT molecular complexity index is 1610. The number of carbonyl (C=O) groups excluding carboxylic acids is 4. The molecular weight excluding hydrogens is 538 g/mol. The van der Waals surface area contributed by atoms with E-state index in [4.69, 9.17) is 8.85 Å². The molecule has 1 aromatic heterocycles. The van der Waals surface area contributed by atoms with Gasteiger partial charge in [-0.15, -0.1) is 10.2 Å². The van der Waals surface area contributed by atoms with Gasteiger partial charge in [-0.2, -0.15) is 0 Å². The van der Waals surface area contributed by atoms with E-state index in [9.17, 15) is 19.2 Å². The van der Waals surface area contributed by atoms with Gasteiger partial charge in [0.2, 0.25) is 11.8 Å². The normalized spacial score (nSPS) is 16.3. The molecule has 1 aliphatic carbocycles. The highest BCUT2D eigenvalue weighted by molar-refractivity contribution is 6.08. The van der Waals surface area contributed by atoms with Crippen LogP contribution >= 0.6 is 0 Å². The molecule has 12 nitrogen and oxygen atoms in total. The number of hydrogen-bond acceptors (Lipinski definition) is 8. The number of nitrogens with zero attached hydrogens (tertiary/aromatic N) is 3. The Morgan fingerprint density at radius 3 is 2.52 bits per heavy atom. The molecule has 12 heteroatoms. The van der Waals surface area contributed by atoms with Gasteiger partial charge < -0.3 is 30.9 Å². The molecule has 1 saturated carbocycles. The molecule has 4 amide bonds. The van der Waals surface area contributed by atoms with Gasteiger partial charge >= 0.3 is 0 Å². The molecule has 0 radical (unpaired) electrons. The number of rotatable bonds is 9. The van der Waals surface area contributed by atoms with Gasteiger partial charge in [0.25, 0.3) is 11.8 Å². The van der Waals surface area contributed by atoms with Crippen LogP contribution in [0.4, 0.5) is 28.6 Å². The Balaban J connectivity index is 1.38. The highest BCUT2D eigenvalue weighted by atomic mass is 16.5. The maximum absolute atomic E-state index is 13.4. The molecule has 42 heavy (non-hydrogen) atoms. The minimum Gasteiger partial charge on any atom is -0.494 e. The van der Waals surface area contributed by atoms with Crippen molar-refractivity contribution in [1.29, 1.82) is 0 Å². The number of amides is 4. The first kappa shape index (κ1) is 24.8. The van der Waals surface area contributed by atoms with Gasteiger partial charge in [0.1, 0.15) is 0 Å². The highest BCUT2D eigenvalue weighted by Gasteiger charge is 2.30. The predicted molar refractivity (Wildman–Crippen MR) is 158 cm³/mol. The minimum absolute atomic E-state index is 0.0207. The second kappa shape index (κ2) is 12.7. The molecule has 218 valence electrons. The first-order valence-corrected chi connectivity index (χ1v) is 13.7. The Hall–Kier alpha value is -5.00. The third-order valence-corrected chi connectivity index (χ3v) is 7.07. The number of benzene rings is 2. The fraction of sp³-hybridized carbons (Fsp3) is 0.333. The number of methoxy groups -OCH3 is 1. The van der Waals surface area contributed by atoms with Crippen LogP contribution in [0.5, 0.6) is 5.75 Å². The number of nitrogens with one attached hydrogen (secondary N) is 4. The fourth-order valence-corrected chi connectivity index (χ4v) is 4.71. The zero-order valence-corrected chi connectivity index (χ0v) is 23.0. The molecule has 2 aliphatic rings. The van der Waals surface area contributed by atoms with Crippen molar-refractivity contribution in [3.63, 3.8) is 0 Å². The molecular formula is C30H33N7O5. The van der Waals surface area contributed by atoms with E-state index in [1.54, 1.807) is 47.4 Å². The summed E-state index contributed by atoms with van der Waals surface area (Å²) in [6, 6.07) is 13.1. The molecule has 1 saturated heterocycles. The molecule has 2 fully saturated rings. The van der Waals surface area contributed by atoms with E-state index >= 15 is 0 Å². The van der Waals surface area contributed by atoms with E-state index in [0.29, 0.717) is 18.7 Å². The number of hydrogen-bond donors (Lipinski definition) is 4. The summed E-state index contributed by atoms with van der Waals surface area (Å²) in [5.74, 6) is -1.60. The van der Waals surface area contributed by atoms with Crippen LogP contribution in [-0.4, -0.2) is 54.5 Å². The Kier molecular flexibility index (Phi) is 7.47. The van der Waals surface area contributed by atoms with Crippen LogP contribution in [0.15, 0.2) is 48.5 Å². The zero-order valence-electron chi connectivity index (χ0n) is 26.0. The minimum atomic E-state index is -2.79. The van der Waals surface area contributed by atoms with Gasteiger partial charge in [-0.3, -0.25) is 19.2 Å². The summed E-state index contributed by atoms with van der Waals surface area (Å²) in [7, 11) is 1.37. The van der Waals surface area contributed by atoms with Crippen LogP contribution in [0.3, 0.4) is 0 Å². The number of anilines is 5. The van der Waals surface area contributed by atoms with Crippen molar-refractivity contribution in [2.75, 3.05) is 41.5 Å². The summed E-state index contributed by atoms with van der Waals surface area (Å²) in [4.78, 5) is 52.7. The molecule has 3 aromatic rings. The van der Waals surface area contributed by atoms with Crippen LogP contribution in [0.1, 0.15) is 63.5 Å². The van der Waals surface area contributed by atoms with Gasteiger partial charge in [-0.05, 0) is 62.1 Å². The zero-order chi connectivity index (χ0) is 32.1. The number of carbonyl (C=O) groups is 4. The number of ether oxygens (including phenoxy) is 1. The largest absolute Gasteiger partial charge is 0.494 e. The Morgan fingerprint density at radius 1 is 0.976 bits per heavy atom. The van der Waals surface area contributed by atoms with E-state index < -0.39 is 18.8 Å². The van der Waals surface area contributed by atoms with Crippen molar-refractivity contribution >= 4 is 52.2 Å². The van der Waals surface area contributed by atoms with Crippen molar-refractivity contribution in [1.82, 2.24) is 15.5 Å². The maximum atomic E-state index is 13.4. The lowest BCUT2D eigenvalue weighted by atomic mass is 10.1. The van der Waals surface area contributed by atoms with Crippen LogP contribution in [0, 0.1) is 5.92 Å². The molecule has 0 bridgehead atoms. The quantitative estimate of drug-likeness (QED) is 0.298. The maximum Gasteiger partial charge on any atom is 0.273 e. The molecule has 0 spiro atoms. The summed E-state index contributed by atoms with van der Waals surface area (Å²) in [6.45, 7) is -2.13. The third-order valence-electron chi connectivity index (χ3n) is 7.07. The van der Waals surface area contributed by atoms with Crippen molar-refractivity contribution in [2.24, 2.45) is 5.92 Å². The first-order valence-electron chi connectivity index (χ1n) is 15.2. The monoisotopic (exact) mass is 574 g/mol. The van der Waals surface area contributed by atoms with Crippen molar-refractivity contribution in [3.8, 4) is 5.75 Å². The molecule has 2 aromatic carbocycles. The lowest BCUT2D eigenvalue weighted by molar-refractivity contribution is -0.118. The lowest BCUT2D eigenvalue weighted by Crippen LogP contribution is -2.29. The van der Waals surface area contributed by atoms with Crippen LogP contribution in [-0.2, 0) is 9.59 Å². The SMILES string of the molecule is [2H]C([2H])([2H])NC(=O)c1nnc(NC(=O)C2CC2)cc1Nc1cccc(C(=O)Nc2ccc(N3CCCCCC3=O)cc2)c1OC. The van der Waals surface area contributed by atoms with Gasteiger partial charge in [0, 0.05) is 47.4 Å². The van der Waals surface area contributed by atoms with Gasteiger partial charge in [0.15, 0.2) is 17.3 Å². The average molecular weight is 575 g/mol. The smallest absolute Gasteiger partial charge is 0.273 e. The average Bonchev–Trinajstić information content (AvgIpc) is 3.86. The highest BCUT2D eigenvalue weighted by Crippen LogP contribution is 2.34. The number of para-hydroxylation sites is 1. The van der Waals surface area contributed by atoms with Crippen LogP contribution in [0.2, 0.25) is 0 Å². The van der Waals surface area contributed by atoms with E-state index in [0.717, 1.165) is 37.8 Å². The number of aromatic nitrogens is 2. The molecule has 2 heterocycles. The fourth-order valence-electron chi connectivity index (χ4n) is 4.71. The Labute approximate surface area is 247 Å². The lowest BCUT2D eigenvalue weighted by Gasteiger charge is -2.21. The van der Waals surface area contributed by atoms with Crippen molar-refractivity contribution < 1.29 is 28.0 Å². The van der Waals surface area contributed by atoms with Crippen LogP contribution in [0.25, 0.3) is 0 Å². The molecule has 5 rings (SSSR count). The Morgan fingerprint density at radius 2 is 1.79 bits per heavy atom. The first-order chi connectivity index (χ1) is 21.5. The topological polar surface area (TPSA) is 155 Å². The standard InChI is InChI=1S/C30H33N7O5/c1-31-30(41)26-23(17-24(35-36-26)34-28(39)18-10-11-18)33-22-8-6-7-21(27(22)42-2)29(40)32-19-12-14-20(15-13-19)37-16-5-3-4-9-25(37)38/h6-8,12-15,17-18H,3-5,9-11,16H2,1-2H3,(H,31,41)(H,32,40)(H2,33,34,35,39)/i1D3. The van der Waals surface area contributed by atoms with Gasteiger partial charge in [0.05, 0.1) is 24.0 Å². The molecule has 0 unspecified atom stereocenters. The molecule has 1 aliphatic heterocycles. The van der Waals surface area contributed by atoms with E-state index in [1.165, 1.54) is 13.2 Å². The third kappa shape index (κ3) is 6.48. The molecule has 4 N–H and O–H groups in total. The summed E-state index contributed by atoms with van der Waals surface area (Å²) < 4.78 is 27.8. The van der Waals surface area contributed by atoms with Gasteiger partial charge in [-0.25, -0.2) is 0 Å². The van der Waals surface area contributed by atoms with E-state index in [2.05, 4.69) is 26.1 Å². The van der Waals surface area contributed by atoms with Gasteiger partial charge in [-0.1, -0.05) is 12.5 Å². The van der Waals surface area contributed by atoms with Crippen molar-refractivity contribution in [2.45, 2.75) is 38.5 Å². The van der Waals surface area contributed by atoms with Crippen molar-refractivity contribution in [3.05, 3.63) is 59.8 Å². The second-order valence-corrected chi connectivity index (χ2v) is 10.1. The predicted octanol–water partition coefficient (Wildman–Crippen LogP) is 4.10. The summed E-state index contributed by atoms with van der Waals surface area (Å²) in [6.07, 6.45) is 4.87. The van der Waals surface area contributed by atoms with Crippen LogP contribution < -0.4 is 30.9 Å². The van der Waals surface area contributed by atoms with E-state index in [-0.39, 0.29) is 51.9 Å². The summed E-state index contributed by atoms with van der Waals surface area (Å²) in [5, 5.41) is 18.1. The summed E-state index contributed by atoms with van der Waals surface area (Å²) >= 11 is 0. The van der Waals surface area contributed by atoms with E-state index in [1.807, 2.05) is 5.32 Å².